The molecule has 1 aliphatic rings. The molecule has 26 heavy (non-hydrogen) atoms. The van der Waals surface area contributed by atoms with Gasteiger partial charge in [-0.3, -0.25) is 4.79 Å². The number of nitrogens with zero attached hydrogens (tertiary/aromatic N) is 1. The van der Waals surface area contributed by atoms with Gasteiger partial charge >= 0.3 is 0 Å². The summed E-state index contributed by atoms with van der Waals surface area (Å²) in [5.74, 6) is -0.213. The molecule has 1 fully saturated rings. The van der Waals surface area contributed by atoms with Crippen molar-refractivity contribution < 1.29 is 4.79 Å². The van der Waals surface area contributed by atoms with E-state index in [1.165, 1.54) is 0 Å². The SMILES string of the molecule is O=C(N/N=C/C=C/c1ccccc1)C1CC(c2ccc(Cl)cc2Cl)NN1. The molecule has 1 heterocycles. The molecule has 1 amide bonds. The first-order valence-corrected chi connectivity index (χ1v) is 8.90. The lowest BCUT2D eigenvalue weighted by Gasteiger charge is -2.11. The molecule has 0 aliphatic carbocycles. The maximum atomic E-state index is 12.2. The van der Waals surface area contributed by atoms with Crippen LogP contribution in [-0.2, 0) is 4.79 Å². The van der Waals surface area contributed by atoms with Crippen LogP contribution in [0.15, 0.2) is 59.7 Å². The van der Waals surface area contributed by atoms with Crippen molar-refractivity contribution in [2.24, 2.45) is 5.10 Å². The van der Waals surface area contributed by atoms with Gasteiger partial charge in [0.15, 0.2) is 0 Å². The first-order chi connectivity index (χ1) is 12.6. The van der Waals surface area contributed by atoms with E-state index in [0.717, 1.165) is 11.1 Å². The molecule has 2 aromatic rings. The van der Waals surface area contributed by atoms with Gasteiger partial charge in [0.05, 0.1) is 0 Å². The molecule has 7 heteroatoms. The Labute approximate surface area is 162 Å². The molecule has 2 aromatic carbocycles. The number of allylic oxidation sites excluding steroid dienone is 1. The largest absolute Gasteiger partial charge is 0.271 e. The van der Waals surface area contributed by atoms with Crippen molar-refractivity contribution in [3.63, 3.8) is 0 Å². The van der Waals surface area contributed by atoms with Crippen molar-refractivity contribution >= 4 is 41.4 Å². The third kappa shape index (κ3) is 4.93. The van der Waals surface area contributed by atoms with Gasteiger partial charge in [0.2, 0.25) is 0 Å². The number of hydrazone groups is 1. The van der Waals surface area contributed by atoms with E-state index >= 15 is 0 Å². The summed E-state index contributed by atoms with van der Waals surface area (Å²) in [5.41, 5.74) is 10.5. The molecule has 1 aliphatic heterocycles. The second kappa shape index (κ2) is 8.96. The van der Waals surface area contributed by atoms with Crippen molar-refractivity contribution in [1.82, 2.24) is 16.3 Å². The van der Waals surface area contributed by atoms with Crippen LogP contribution in [-0.4, -0.2) is 18.2 Å². The minimum absolute atomic E-state index is 0.0718. The summed E-state index contributed by atoms with van der Waals surface area (Å²) in [6, 6.07) is 14.7. The van der Waals surface area contributed by atoms with Crippen LogP contribution in [0.25, 0.3) is 6.08 Å². The summed E-state index contributed by atoms with van der Waals surface area (Å²) in [6.07, 6.45) is 5.78. The zero-order valence-electron chi connectivity index (χ0n) is 13.8. The van der Waals surface area contributed by atoms with Crippen LogP contribution in [0.1, 0.15) is 23.6 Å². The van der Waals surface area contributed by atoms with Crippen LogP contribution in [0.3, 0.4) is 0 Å². The molecule has 0 saturated carbocycles. The lowest BCUT2D eigenvalue weighted by molar-refractivity contribution is -0.122. The van der Waals surface area contributed by atoms with E-state index in [2.05, 4.69) is 21.4 Å². The standard InChI is InChI=1S/C19H18Cl2N4O/c20-14-8-9-15(16(21)11-14)17-12-18(24-23-17)19(26)25-22-10-4-7-13-5-2-1-3-6-13/h1-11,17-18,23-24H,12H2,(H,25,26)/b7-4+,22-10+. The molecule has 134 valence electrons. The Morgan fingerprint density at radius 1 is 1.15 bits per heavy atom. The van der Waals surface area contributed by atoms with Crippen LogP contribution in [0.2, 0.25) is 10.0 Å². The molecule has 0 bridgehead atoms. The highest BCUT2D eigenvalue weighted by atomic mass is 35.5. The molecule has 0 aromatic heterocycles. The lowest BCUT2D eigenvalue weighted by atomic mass is 10.0. The molecule has 2 atom stereocenters. The Morgan fingerprint density at radius 2 is 1.96 bits per heavy atom. The van der Waals surface area contributed by atoms with Crippen LogP contribution >= 0.6 is 23.2 Å². The van der Waals surface area contributed by atoms with E-state index in [4.69, 9.17) is 23.2 Å². The van der Waals surface area contributed by atoms with Gasteiger partial charge in [0, 0.05) is 22.3 Å². The van der Waals surface area contributed by atoms with E-state index in [0.29, 0.717) is 16.5 Å². The van der Waals surface area contributed by atoms with Gasteiger partial charge in [0.1, 0.15) is 6.04 Å². The number of carbonyl (C=O) groups is 1. The van der Waals surface area contributed by atoms with E-state index in [9.17, 15) is 4.79 Å². The fourth-order valence-corrected chi connectivity index (χ4v) is 3.20. The summed E-state index contributed by atoms with van der Waals surface area (Å²) in [6.45, 7) is 0. The number of halogens is 2. The van der Waals surface area contributed by atoms with Gasteiger partial charge in [-0.15, -0.1) is 0 Å². The predicted molar refractivity (Wildman–Crippen MR) is 106 cm³/mol. The molecule has 0 spiro atoms. The highest BCUT2D eigenvalue weighted by molar-refractivity contribution is 6.35. The highest BCUT2D eigenvalue weighted by Crippen LogP contribution is 2.30. The average Bonchev–Trinajstić information content (AvgIpc) is 3.12. The van der Waals surface area contributed by atoms with Gasteiger partial charge in [-0.25, -0.2) is 16.3 Å². The first kappa shape index (κ1) is 18.6. The van der Waals surface area contributed by atoms with Crippen LogP contribution < -0.4 is 16.3 Å². The highest BCUT2D eigenvalue weighted by Gasteiger charge is 2.31. The summed E-state index contributed by atoms with van der Waals surface area (Å²) in [7, 11) is 0. The van der Waals surface area contributed by atoms with Gasteiger partial charge in [-0.2, -0.15) is 5.10 Å². The summed E-state index contributed by atoms with van der Waals surface area (Å²) >= 11 is 12.1. The Kier molecular flexibility index (Phi) is 6.41. The Bertz CT molecular complexity index is 824. The maximum absolute atomic E-state index is 12.2. The van der Waals surface area contributed by atoms with Crippen LogP contribution in [0, 0.1) is 0 Å². The molecule has 3 rings (SSSR count). The van der Waals surface area contributed by atoms with Crippen molar-refractivity contribution in [2.45, 2.75) is 18.5 Å². The zero-order chi connectivity index (χ0) is 18.4. The second-order valence-electron chi connectivity index (χ2n) is 5.82. The minimum Gasteiger partial charge on any atom is -0.271 e. The quantitative estimate of drug-likeness (QED) is 0.540. The number of hydrazine groups is 1. The number of carbonyl (C=O) groups excluding carboxylic acids is 1. The van der Waals surface area contributed by atoms with Crippen LogP contribution in [0.4, 0.5) is 0 Å². The van der Waals surface area contributed by atoms with Gasteiger partial charge in [-0.1, -0.05) is 65.7 Å². The number of amides is 1. The van der Waals surface area contributed by atoms with Crippen molar-refractivity contribution in [1.29, 1.82) is 0 Å². The van der Waals surface area contributed by atoms with Gasteiger partial charge < -0.3 is 0 Å². The van der Waals surface area contributed by atoms with Gasteiger partial charge in [0.25, 0.3) is 5.91 Å². The van der Waals surface area contributed by atoms with E-state index in [1.807, 2.05) is 42.5 Å². The summed E-state index contributed by atoms with van der Waals surface area (Å²) in [4.78, 5) is 12.2. The molecule has 5 nitrogen and oxygen atoms in total. The monoisotopic (exact) mass is 388 g/mol. The number of rotatable bonds is 5. The third-order valence-electron chi connectivity index (χ3n) is 3.98. The van der Waals surface area contributed by atoms with E-state index in [-0.39, 0.29) is 11.9 Å². The number of benzene rings is 2. The van der Waals surface area contributed by atoms with Gasteiger partial charge in [-0.05, 0) is 35.8 Å². The lowest BCUT2D eigenvalue weighted by Crippen LogP contribution is -2.41. The maximum Gasteiger partial charge on any atom is 0.258 e. The normalized spacial score (nSPS) is 20.1. The molecule has 3 N–H and O–H groups in total. The molecular formula is C19H18Cl2N4O. The first-order valence-electron chi connectivity index (χ1n) is 8.14. The Morgan fingerprint density at radius 3 is 2.73 bits per heavy atom. The fraction of sp³-hybridized carbons (Fsp3) is 0.158. The molecule has 2 unspecified atom stereocenters. The molecule has 0 radical (unpaired) electrons. The van der Waals surface area contributed by atoms with E-state index < -0.39 is 6.04 Å². The fourth-order valence-electron chi connectivity index (χ4n) is 2.66. The average molecular weight is 389 g/mol. The van der Waals surface area contributed by atoms with E-state index in [1.54, 1.807) is 24.4 Å². The minimum atomic E-state index is -0.401. The molecular weight excluding hydrogens is 371 g/mol. The predicted octanol–water partition coefficient (Wildman–Crippen LogP) is 3.72. The summed E-state index contributed by atoms with van der Waals surface area (Å²) < 4.78 is 0. The summed E-state index contributed by atoms with van der Waals surface area (Å²) in [5, 5.41) is 5.09. The third-order valence-corrected chi connectivity index (χ3v) is 4.54. The zero-order valence-corrected chi connectivity index (χ0v) is 15.3. The Hall–Kier alpha value is -2.18. The topological polar surface area (TPSA) is 65.5 Å². The number of nitrogens with one attached hydrogen (secondary N) is 3. The number of hydrogen-bond donors (Lipinski definition) is 3. The second-order valence-corrected chi connectivity index (χ2v) is 6.66. The molecule has 1 saturated heterocycles. The number of hydrogen-bond acceptors (Lipinski definition) is 4. The van der Waals surface area contributed by atoms with Crippen molar-refractivity contribution in [3.05, 3.63) is 75.8 Å². The smallest absolute Gasteiger partial charge is 0.258 e. The Balaban J connectivity index is 1.50. The van der Waals surface area contributed by atoms with Crippen molar-refractivity contribution in [2.75, 3.05) is 0 Å². The van der Waals surface area contributed by atoms with Crippen molar-refractivity contribution in [3.8, 4) is 0 Å². The van der Waals surface area contributed by atoms with Crippen LogP contribution in [0.5, 0.6) is 0 Å².